The molecule has 1 aromatic heterocycles. The van der Waals surface area contributed by atoms with E-state index in [4.69, 9.17) is 0 Å². The highest BCUT2D eigenvalue weighted by molar-refractivity contribution is 7.91. The first kappa shape index (κ1) is 14.2. The van der Waals surface area contributed by atoms with Crippen molar-refractivity contribution in [2.75, 3.05) is 5.75 Å². The Bertz CT molecular complexity index is 542. The van der Waals surface area contributed by atoms with E-state index >= 15 is 0 Å². The van der Waals surface area contributed by atoms with Crippen LogP contribution < -0.4 is 0 Å². The first-order valence-electron chi connectivity index (χ1n) is 6.85. The van der Waals surface area contributed by atoms with Gasteiger partial charge in [0.25, 0.3) is 0 Å². The van der Waals surface area contributed by atoms with E-state index in [0.29, 0.717) is 12.7 Å². The SMILES string of the molecule is CCCCS(=O)(=O)c1c(C=O)cnn1C1CCCC1. The predicted molar refractivity (Wildman–Crippen MR) is 72.1 cm³/mol. The lowest BCUT2D eigenvalue weighted by molar-refractivity contribution is 0.112. The zero-order valence-electron chi connectivity index (χ0n) is 11.2. The van der Waals surface area contributed by atoms with Gasteiger partial charge in [0.2, 0.25) is 0 Å². The fourth-order valence-electron chi connectivity index (χ4n) is 2.61. The lowest BCUT2D eigenvalue weighted by atomic mass is 10.2. The summed E-state index contributed by atoms with van der Waals surface area (Å²) in [7, 11) is -3.42. The molecule has 106 valence electrons. The van der Waals surface area contributed by atoms with Crippen molar-refractivity contribution in [1.82, 2.24) is 9.78 Å². The minimum absolute atomic E-state index is 0.0861. The average Bonchev–Trinajstić information content (AvgIpc) is 3.03. The molecule has 0 saturated heterocycles. The maximum absolute atomic E-state index is 12.4. The molecule has 1 aliphatic carbocycles. The Morgan fingerprint density at radius 1 is 1.42 bits per heavy atom. The lowest BCUT2D eigenvalue weighted by Gasteiger charge is -2.14. The maximum Gasteiger partial charge on any atom is 0.196 e. The number of hydrogen-bond donors (Lipinski definition) is 0. The number of nitrogens with zero attached hydrogens (tertiary/aromatic N) is 2. The van der Waals surface area contributed by atoms with E-state index in [-0.39, 0.29) is 22.4 Å². The molecule has 0 aromatic carbocycles. The third-order valence-corrected chi connectivity index (χ3v) is 5.47. The van der Waals surface area contributed by atoms with Crippen molar-refractivity contribution in [1.29, 1.82) is 0 Å². The summed E-state index contributed by atoms with van der Waals surface area (Å²) in [6, 6.07) is 0.125. The zero-order valence-corrected chi connectivity index (χ0v) is 12.0. The molecule has 1 aromatic rings. The van der Waals surface area contributed by atoms with Gasteiger partial charge in [-0.3, -0.25) is 9.48 Å². The van der Waals surface area contributed by atoms with Crippen LogP contribution in [0.4, 0.5) is 0 Å². The van der Waals surface area contributed by atoms with Gasteiger partial charge in [-0.05, 0) is 19.3 Å². The molecular weight excluding hydrogens is 264 g/mol. The highest BCUT2D eigenvalue weighted by atomic mass is 32.2. The maximum atomic E-state index is 12.4. The summed E-state index contributed by atoms with van der Waals surface area (Å²) in [6.07, 6.45) is 7.46. The van der Waals surface area contributed by atoms with Crippen LogP contribution in [0, 0.1) is 0 Å². The summed E-state index contributed by atoms with van der Waals surface area (Å²) < 4.78 is 26.4. The highest BCUT2D eigenvalue weighted by Crippen LogP contribution is 2.32. The van der Waals surface area contributed by atoms with Crippen molar-refractivity contribution in [3.63, 3.8) is 0 Å². The molecule has 0 aliphatic heterocycles. The zero-order chi connectivity index (χ0) is 13.9. The molecule has 5 nitrogen and oxygen atoms in total. The Morgan fingerprint density at radius 3 is 2.68 bits per heavy atom. The van der Waals surface area contributed by atoms with Crippen molar-refractivity contribution in [2.24, 2.45) is 0 Å². The predicted octanol–water partition coefficient (Wildman–Crippen LogP) is 2.38. The Balaban J connectivity index is 2.41. The lowest BCUT2D eigenvalue weighted by Crippen LogP contribution is -2.18. The molecule has 19 heavy (non-hydrogen) atoms. The average molecular weight is 284 g/mol. The number of hydrogen-bond acceptors (Lipinski definition) is 4. The van der Waals surface area contributed by atoms with Gasteiger partial charge >= 0.3 is 0 Å². The normalized spacial score (nSPS) is 16.9. The van der Waals surface area contributed by atoms with Crippen LogP contribution in [-0.4, -0.2) is 30.2 Å². The quantitative estimate of drug-likeness (QED) is 0.752. The molecule has 2 rings (SSSR count). The van der Waals surface area contributed by atoms with Crippen LogP contribution in [0.3, 0.4) is 0 Å². The standard InChI is InChI=1S/C13H20N2O3S/c1-2-3-8-19(17,18)13-11(10-16)9-14-15(13)12-6-4-5-7-12/h9-10,12H,2-8H2,1H3. The van der Waals surface area contributed by atoms with E-state index in [2.05, 4.69) is 5.10 Å². The van der Waals surface area contributed by atoms with Crippen molar-refractivity contribution in [2.45, 2.75) is 56.5 Å². The van der Waals surface area contributed by atoms with Crippen molar-refractivity contribution < 1.29 is 13.2 Å². The summed E-state index contributed by atoms with van der Waals surface area (Å²) in [5.74, 6) is 0.0861. The van der Waals surface area contributed by atoms with E-state index in [1.54, 1.807) is 4.68 Å². The van der Waals surface area contributed by atoms with Gasteiger partial charge in [-0.15, -0.1) is 0 Å². The summed E-state index contributed by atoms with van der Waals surface area (Å²) in [4.78, 5) is 11.1. The number of carbonyl (C=O) groups is 1. The minimum atomic E-state index is -3.42. The Labute approximate surface area is 113 Å². The van der Waals surface area contributed by atoms with E-state index in [0.717, 1.165) is 32.1 Å². The third-order valence-electron chi connectivity index (χ3n) is 3.63. The van der Waals surface area contributed by atoms with Gasteiger partial charge in [0.1, 0.15) is 0 Å². The van der Waals surface area contributed by atoms with Crippen LogP contribution in [0.25, 0.3) is 0 Å². The fourth-order valence-corrected chi connectivity index (χ4v) is 4.41. The molecule has 6 heteroatoms. The first-order valence-corrected chi connectivity index (χ1v) is 8.51. The minimum Gasteiger partial charge on any atom is -0.298 e. The molecule has 1 heterocycles. The second-order valence-electron chi connectivity index (χ2n) is 5.08. The molecule has 1 saturated carbocycles. The van der Waals surface area contributed by atoms with E-state index in [1.807, 2.05) is 6.92 Å². The first-order chi connectivity index (χ1) is 9.10. The molecule has 0 unspecified atom stereocenters. The largest absolute Gasteiger partial charge is 0.298 e. The summed E-state index contributed by atoms with van der Waals surface area (Å²) in [6.45, 7) is 1.95. The van der Waals surface area contributed by atoms with Gasteiger partial charge in [-0.1, -0.05) is 26.2 Å². The number of carbonyl (C=O) groups excluding carboxylic acids is 1. The van der Waals surface area contributed by atoms with Crippen LogP contribution in [-0.2, 0) is 9.84 Å². The Morgan fingerprint density at radius 2 is 2.11 bits per heavy atom. The van der Waals surface area contributed by atoms with Gasteiger partial charge in [-0.25, -0.2) is 8.42 Å². The highest BCUT2D eigenvalue weighted by Gasteiger charge is 2.29. The van der Waals surface area contributed by atoms with Crippen LogP contribution in [0.2, 0.25) is 0 Å². The van der Waals surface area contributed by atoms with Gasteiger partial charge in [0.05, 0.1) is 23.6 Å². The topological polar surface area (TPSA) is 69.0 Å². The molecule has 0 N–H and O–H groups in total. The van der Waals surface area contributed by atoms with Crippen LogP contribution in [0.5, 0.6) is 0 Å². The number of rotatable bonds is 6. The van der Waals surface area contributed by atoms with Gasteiger partial charge < -0.3 is 0 Å². The molecule has 0 radical (unpaired) electrons. The second-order valence-corrected chi connectivity index (χ2v) is 7.10. The van der Waals surface area contributed by atoms with Gasteiger partial charge in [-0.2, -0.15) is 5.10 Å². The monoisotopic (exact) mass is 284 g/mol. The summed E-state index contributed by atoms with van der Waals surface area (Å²) >= 11 is 0. The van der Waals surface area contributed by atoms with E-state index < -0.39 is 9.84 Å². The van der Waals surface area contributed by atoms with Crippen molar-refractivity contribution in [3.05, 3.63) is 11.8 Å². The smallest absolute Gasteiger partial charge is 0.196 e. The Hall–Kier alpha value is -1.17. The second kappa shape index (κ2) is 5.86. The van der Waals surface area contributed by atoms with Gasteiger partial charge in [0.15, 0.2) is 21.1 Å². The van der Waals surface area contributed by atoms with Crippen molar-refractivity contribution in [3.8, 4) is 0 Å². The molecule has 1 aliphatic rings. The molecular formula is C13H20N2O3S. The molecule has 0 atom stereocenters. The summed E-state index contributed by atoms with van der Waals surface area (Å²) in [5, 5.41) is 4.28. The number of aromatic nitrogens is 2. The number of aldehydes is 1. The third kappa shape index (κ3) is 2.88. The number of sulfone groups is 1. The van der Waals surface area contributed by atoms with Crippen LogP contribution >= 0.6 is 0 Å². The Kier molecular flexibility index (Phi) is 4.39. The molecule has 0 bridgehead atoms. The number of unbranched alkanes of at least 4 members (excludes halogenated alkanes) is 1. The van der Waals surface area contributed by atoms with Crippen LogP contribution in [0.1, 0.15) is 61.8 Å². The molecule has 0 spiro atoms. The fraction of sp³-hybridized carbons (Fsp3) is 0.692. The van der Waals surface area contributed by atoms with Gasteiger partial charge in [0, 0.05) is 0 Å². The van der Waals surface area contributed by atoms with E-state index in [9.17, 15) is 13.2 Å². The van der Waals surface area contributed by atoms with E-state index in [1.165, 1.54) is 6.20 Å². The molecule has 1 fully saturated rings. The molecule has 0 amide bonds. The van der Waals surface area contributed by atoms with Crippen LogP contribution in [0.15, 0.2) is 11.2 Å². The van der Waals surface area contributed by atoms with Crippen molar-refractivity contribution >= 4 is 16.1 Å². The summed E-state index contributed by atoms with van der Waals surface area (Å²) in [5.41, 5.74) is 0.197.